The van der Waals surface area contributed by atoms with Crippen molar-refractivity contribution in [2.24, 2.45) is 5.92 Å². The zero-order valence-corrected chi connectivity index (χ0v) is 28.0. The Bertz CT molecular complexity index is 1330. The van der Waals surface area contributed by atoms with Crippen molar-refractivity contribution < 1.29 is 38.5 Å². The summed E-state index contributed by atoms with van der Waals surface area (Å²) in [4.78, 5) is 57.3. The van der Waals surface area contributed by atoms with Crippen LogP contribution in [-0.4, -0.2) is 104 Å². The van der Waals surface area contributed by atoms with E-state index in [9.17, 15) is 19.2 Å². The molecule has 1 saturated carbocycles. The first-order valence-electron chi connectivity index (χ1n) is 16.4. The number of likely N-dealkylation sites (tertiary alicyclic amines) is 1. The standard InChI is InChI=1S/C33H47N5O8S/c1-22(34-2)30(40)37-28(23-8-4-3-5-9-23)32(41)38-14-7-12-27(38)31-36-26(21-47-31)29(39)24-10-6-11-25(20-24)46-19-18-45-17-16-44-15-13-35-33(42)43/h6,10-11,20-23,27-28,34-35H,3-5,7-9,12-19H2,1-2H3,(H,37,40)(H,42,43)/t22-,27-,28-/m0/s1. The Morgan fingerprint density at radius 3 is 2.51 bits per heavy atom. The number of carbonyl (C=O) groups is 4. The number of hydrogen-bond acceptors (Lipinski definition) is 10. The maximum atomic E-state index is 14.0. The van der Waals surface area contributed by atoms with Gasteiger partial charge >= 0.3 is 6.09 Å². The van der Waals surface area contributed by atoms with Gasteiger partial charge in [0.15, 0.2) is 0 Å². The summed E-state index contributed by atoms with van der Waals surface area (Å²) in [6, 6.07) is 5.70. The first-order valence-corrected chi connectivity index (χ1v) is 17.3. The number of ether oxygens (including phenoxy) is 3. The van der Waals surface area contributed by atoms with Crippen LogP contribution >= 0.6 is 11.3 Å². The lowest BCUT2D eigenvalue weighted by Gasteiger charge is -2.35. The van der Waals surface area contributed by atoms with Crippen LogP contribution < -0.4 is 20.7 Å². The molecule has 0 bridgehead atoms. The average Bonchev–Trinajstić information content (AvgIpc) is 3.78. The highest BCUT2D eigenvalue weighted by molar-refractivity contribution is 7.10. The molecule has 2 aromatic rings. The molecule has 14 heteroatoms. The number of nitrogens with one attached hydrogen (secondary N) is 3. The molecule has 3 amide bonds. The van der Waals surface area contributed by atoms with E-state index in [1.54, 1.807) is 43.6 Å². The zero-order chi connectivity index (χ0) is 33.6. The average molecular weight is 674 g/mol. The summed E-state index contributed by atoms with van der Waals surface area (Å²) in [6.07, 6.45) is 5.59. The predicted octanol–water partition coefficient (Wildman–Crippen LogP) is 3.39. The van der Waals surface area contributed by atoms with Crippen molar-refractivity contribution in [1.29, 1.82) is 0 Å². The molecule has 0 radical (unpaired) electrons. The highest BCUT2D eigenvalue weighted by Crippen LogP contribution is 2.36. The van der Waals surface area contributed by atoms with Crippen molar-refractivity contribution >= 4 is 35.0 Å². The molecule has 1 aromatic heterocycles. The van der Waals surface area contributed by atoms with E-state index in [1.165, 1.54) is 11.3 Å². The number of nitrogens with zero attached hydrogens (tertiary/aromatic N) is 2. The monoisotopic (exact) mass is 673 g/mol. The molecule has 4 rings (SSSR count). The summed E-state index contributed by atoms with van der Waals surface area (Å²) in [5, 5.41) is 19.2. The normalized spacial score (nSPS) is 18.0. The fourth-order valence-electron chi connectivity index (χ4n) is 5.91. The van der Waals surface area contributed by atoms with Gasteiger partial charge in [0, 0.05) is 24.0 Å². The summed E-state index contributed by atoms with van der Waals surface area (Å²) >= 11 is 1.38. The molecular formula is C33H47N5O8S. The second-order valence-corrected chi connectivity index (χ2v) is 12.7. The molecular weight excluding hydrogens is 626 g/mol. The smallest absolute Gasteiger partial charge is 0.404 e. The molecule has 13 nitrogen and oxygen atoms in total. The number of amides is 3. The van der Waals surface area contributed by atoms with Gasteiger partial charge in [-0.2, -0.15) is 0 Å². The number of carbonyl (C=O) groups excluding carboxylic acids is 3. The van der Waals surface area contributed by atoms with E-state index < -0.39 is 18.2 Å². The van der Waals surface area contributed by atoms with Crippen molar-refractivity contribution in [3.8, 4) is 5.75 Å². The third-order valence-electron chi connectivity index (χ3n) is 8.57. The molecule has 2 fully saturated rings. The molecule has 1 aromatic carbocycles. The van der Waals surface area contributed by atoms with Crippen molar-refractivity contribution in [3.63, 3.8) is 0 Å². The van der Waals surface area contributed by atoms with Crippen LogP contribution in [0.2, 0.25) is 0 Å². The van der Waals surface area contributed by atoms with Crippen LogP contribution in [0.15, 0.2) is 29.6 Å². The van der Waals surface area contributed by atoms with Gasteiger partial charge in [-0.15, -0.1) is 11.3 Å². The lowest BCUT2D eigenvalue weighted by atomic mass is 9.83. The Labute approximate surface area is 279 Å². The minimum absolute atomic E-state index is 0.0616. The third kappa shape index (κ3) is 10.7. The number of ketones is 1. The highest BCUT2D eigenvalue weighted by atomic mass is 32.1. The first-order chi connectivity index (χ1) is 22.8. The van der Waals surface area contributed by atoms with E-state index in [2.05, 4.69) is 16.0 Å². The highest BCUT2D eigenvalue weighted by Gasteiger charge is 2.40. The summed E-state index contributed by atoms with van der Waals surface area (Å²) in [5.74, 6) is 0.166. The van der Waals surface area contributed by atoms with Crippen molar-refractivity contribution in [2.75, 3.05) is 53.2 Å². The Morgan fingerprint density at radius 2 is 1.77 bits per heavy atom. The summed E-state index contributed by atoms with van der Waals surface area (Å²) in [5.41, 5.74) is 0.769. The number of aromatic nitrogens is 1. The molecule has 4 N–H and O–H groups in total. The van der Waals surface area contributed by atoms with Gasteiger partial charge in [0.25, 0.3) is 0 Å². The van der Waals surface area contributed by atoms with E-state index in [0.29, 0.717) is 43.4 Å². The fourth-order valence-corrected chi connectivity index (χ4v) is 6.86. The second kappa shape index (κ2) is 18.7. The zero-order valence-electron chi connectivity index (χ0n) is 27.2. The lowest BCUT2D eigenvalue weighted by molar-refractivity contribution is -0.139. The van der Waals surface area contributed by atoms with E-state index in [-0.39, 0.29) is 49.3 Å². The van der Waals surface area contributed by atoms with Crippen molar-refractivity contribution in [1.82, 2.24) is 25.8 Å². The quantitative estimate of drug-likeness (QED) is 0.136. The Kier molecular flexibility index (Phi) is 14.4. The van der Waals surface area contributed by atoms with Gasteiger partial charge in [0.1, 0.15) is 29.1 Å². The first kappa shape index (κ1) is 36.2. The van der Waals surface area contributed by atoms with Crippen LogP contribution in [0.4, 0.5) is 4.79 Å². The SMILES string of the molecule is CN[C@@H](C)C(=O)N[C@H](C(=O)N1CCC[C@H]1c1nc(C(=O)c2cccc(OCCOCCOCCNC(=O)O)c2)cs1)C1CCCCC1. The van der Waals surface area contributed by atoms with Crippen LogP contribution in [0, 0.1) is 5.92 Å². The van der Waals surface area contributed by atoms with Gasteiger partial charge in [0.2, 0.25) is 17.6 Å². The number of hydrogen-bond donors (Lipinski definition) is 4. The Hall–Kier alpha value is -3.59. The van der Waals surface area contributed by atoms with Gasteiger partial charge in [-0.1, -0.05) is 31.4 Å². The van der Waals surface area contributed by atoms with Gasteiger partial charge < -0.3 is 40.2 Å². The van der Waals surface area contributed by atoms with Gasteiger partial charge in [-0.05, 0) is 57.7 Å². The van der Waals surface area contributed by atoms with Crippen LogP contribution in [0.3, 0.4) is 0 Å². The number of rotatable bonds is 18. The predicted molar refractivity (Wildman–Crippen MR) is 176 cm³/mol. The molecule has 1 saturated heterocycles. The van der Waals surface area contributed by atoms with E-state index >= 15 is 0 Å². The van der Waals surface area contributed by atoms with Crippen LogP contribution in [0.5, 0.6) is 5.75 Å². The van der Waals surface area contributed by atoms with Gasteiger partial charge in [-0.3, -0.25) is 14.4 Å². The topological polar surface area (TPSA) is 168 Å². The molecule has 47 heavy (non-hydrogen) atoms. The molecule has 0 unspecified atom stereocenters. The van der Waals surface area contributed by atoms with Gasteiger partial charge in [-0.25, -0.2) is 9.78 Å². The van der Waals surface area contributed by atoms with Crippen LogP contribution in [0.25, 0.3) is 0 Å². The Balaban J connectivity index is 1.31. The lowest BCUT2D eigenvalue weighted by Crippen LogP contribution is -2.55. The van der Waals surface area contributed by atoms with Crippen molar-refractivity contribution in [3.05, 3.63) is 45.9 Å². The summed E-state index contributed by atoms with van der Waals surface area (Å²) in [7, 11) is 1.73. The molecule has 258 valence electrons. The largest absolute Gasteiger partial charge is 0.491 e. The van der Waals surface area contributed by atoms with Crippen LogP contribution in [0.1, 0.15) is 79.0 Å². The van der Waals surface area contributed by atoms with E-state index in [0.717, 1.165) is 50.0 Å². The fraction of sp³-hybridized carbons (Fsp3) is 0.606. The Morgan fingerprint density at radius 1 is 1.02 bits per heavy atom. The van der Waals surface area contributed by atoms with E-state index in [1.807, 2.05) is 4.90 Å². The molecule has 0 spiro atoms. The van der Waals surface area contributed by atoms with E-state index in [4.69, 9.17) is 24.3 Å². The molecule has 2 heterocycles. The minimum Gasteiger partial charge on any atom is -0.491 e. The molecule has 3 atom stereocenters. The number of thiazole rings is 1. The number of benzene rings is 1. The molecule has 1 aliphatic carbocycles. The number of carboxylic acid groups (broad SMARTS) is 1. The molecule has 1 aliphatic heterocycles. The summed E-state index contributed by atoms with van der Waals surface area (Å²) < 4.78 is 16.5. The van der Waals surface area contributed by atoms with Crippen LogP contribution in [-0.2, 0) is 19.1 Å². The number of likely N-dealkylation sites (N-methyl/N-ethyl adjacent to an activating group) is 1. The third-order valence-corrected chi connectivity index (χ3v) is 9.52. The maximum Gasteiger partial charge on any atom is 0.404 e. The molecule has 2 aliphatic rings. The summed E-state index contributed by atoms with van der Waals surface area (Å²) in [6.45, 7) is 4.13. The maximum absolute atomic E-state index is 14.0. The second-order valence-electron chi connectivity index (χ2n) is 11.8. The van der Waals surface area contributed by atoms with Gasteiger partial charge in [0.05, 0.1) is 38.5 Å². The van der Waals surface area contributed by atoms with Crippen molar-refractivity contribution in [2.45, 2.75) is 70.0 Å². The minimum atomic E-state index is -1.09.